The molecule has 12 heavy (non-hydrogen) atoms. The fourth-order valence-corrected chi connectivity index (χ4v) is 1.69. The van der Waals surface area contributed by atoms with Gasteiger partial charge in [0.15, 0.2) is 0 Å². The van der Waals surface area contributed by atoms with E-state index in [9.17, 15) is 0 Å². The van der Waals surface area contributed by atoms with Crippen LogP contribution >= 0.6 is 23.4 Å². The molecule has 0 aliphatic carbocycles. The maximum atomic E-state index is 5.57. The van der Waals surface area contributed by atoms with Crippen LogP contribution in [0, 0.1) is 0 Å². The molecular formula is C9H11ClOS. The van der Waals surface area contributed by atoms with Crippen molar-refractivity contribution in [3.8, 4) is 5.75 Å². The smallest absolute Gasteiger partial charge is 0.119 e. The first-order chi connectivity index (χ1) is 5.86. The number of rotatable bonds is 4. The summed E-state index contributed by atoms with van der Waals surface area (Å²) in [7, 11) is 0. The fourth-order valence-electron chi connectivity index (χ4n) is 0.862. The molecule has 0 saturated heterocycles. The van der Waals surface area contributed by atoms with E-state index < -0.39 is 0 Å². The van der Waals surface area contributed by atoms with Crippen molar-refractivity contribution in [2.75, 3.05) is 11.8 Å². The number of ether oxygens (including phenoxy) is 1. The minimum Gasteiger partial charge on any atom is -0.494 e. The molecule has 1 rings (SSSR count). The van der Waals surface area contributed by atoms with Crippen molar-refractivity contribution in [3.05, 3.63) is 24.3 Å². The van der Waals surface area contributed by atoms with E-state index in [1.165, 1.54) is 4.90 Å². The molecule has 1 nitrogen and oxygen atoms in total. The van der Waals surface area contributed by atoms with Gasteiger partial charge >= 0.3 is 0 Å². The van der Waals surface area contributed by atoms with Crippen molar-refractivity contribution in [2.24, 2.45) is 0 Å². The Bertz CT molecular complexity index is 197. The summed E-state index contributed by atoms with van der Waals surface area (Å²) in [5.41, 5.74) is 0. The molecule has 0 atom stereocenters. The predicted octanol–water partition coefficient (Wildman–Crippen LogP) is 3.37. The standard InChI is InChI=1S/C9H11ClOS/c1-2-11-8-3-5-9(6-4-8)12-7-10/h3-6H,2,7H2,1H3. The Hall–Kier alpha value is -0.340. The average molecular weight is 203 g/mol. The van der Waals surface area contributed by atoms with E-state index in [-0.39, 0.29) is 0 Å². The topological polar surface area (TPSA) is 9.23 Å². The number of hydrogen-bond acceptors (Lipinski definition) is 2. The van der Waals surface area contributed by atoms with E-state index >= 15 is 0 Å². The zero-order valence-electron chi connectivity index (χ0n) is 6.92. The molecule has 0 aromatic heterocycles. The van der Waals surface area contributed by atoms with Crippen molar-refractivity contribution in [1.82, 2.24) is 0 Å². The van der Waals surface area contributed by atoms with Crippen LogP contribution in [0.2, 0.25) is 0 Å². The molecule has 0 bridgehead atoms. The molecule has 0 aliphatic rings. The Balaban J connectivity index is 2.58. The lowest BCUT2D eigenvalue weighted by molar-refractivity contribution is 0.340. The lowest BCUT2D eigenvalue weighted by Gasteiger charge is -2.02. The van der Waals surface area contributed by atoms with Crippen LogP contribution in [0.4, 0.5) is 0 Å². The van der Waals surface area contributed by atoms with E-state index in [1.54, 1.807) is 11.8 Å². The van der Waals surface area contributed by atoms with Gasteiger partial charge in [-0.15, -0.1) is 23.4 Å². The maximum absolute atomic E-state index is 5.57. The fraction of sp³-hybridized carbons (Fsp3) is 0.333. The average Bonchev–Trinajstić information content (AvgIpc) is 2.09. The summed E-state index contributed by atoms with van der Waals surface area (Å²) < 4.78 is 5.30. The van der Waals surface area contributed by atoms with Crippen LogP contribution in [0.25, 0.3) is 0 Å². The second kappa shape index (κ2) is 5.33. The van der Waals surface area contributed by atoms with Gasteiger partial charge in [-0.2, -0.15) is 0 Å². The van der Waals surface area contributed by atoms with Crippen molar-refractivity contribution < 1.29 is 4.74 Å². The van der Waals surface area contributed by atoms with Crippen molar-refractivity contribution >= 4 is 23.4 Å². The monoisotopic (exact) mass is 202 g/mol. The zero-order chi connectivity index (χ0) is 8.81. The summed E-state index contributed by atoms with van der Waals surface area (Å²) in [4.78, 5) is 1.17. The molecule has 1 aromatic carbocycles. The molecule has 0 saturated carbocycles. The van der Waals surface area contributed by atoms with Gasteiger partial charge in [0.25, 0.3) is 0 Å². The lowest BCUT2D eigenvalue weighted by Crippen LogP contribution is -1.90. The largest absolute Gasteiger partial charge is 0.494 e. The van der Waals surface area contributed by atoms with Crippen molar-refractivity contribution in [3.63, 3.8) is 0 Å². The van der Waals surface area contributed by atoms with Gasteiger partial charge in [0.05, 0.1) is 11.8 Å². The van der Waals surface area contributed by atoms with Gasteiger partial charge in [0, 0.05) is 4.90 Å². The molecule has 0 N–H and O–H groups in total. The molecule has 0 unspecified atom stereocenters. The number of halogens is 1. The Labute approximate surface area is 82.1 Å². The van der Waals surface area contributed by atoms with E-state index in [0.29, 0.717) is 11.8 Å². The predicted molar refractivity (Wildman–Crippen MR) is 54.2 cm³/mol. The molecule has 0 heterocycles. The van der Waals surface area contributed by atoms with Crippen molar-refractivity contribution in [2.45, 2.75) is 11.8 Å². The van der Waals surface area contributed by atoms with Crippen LogP contribution in [0.5, 0.6) is 5.75 Å². The van der Waals surface area contributed by atoms with Gasteiger partial charge < -0.3 is 4.74 Å². The lowest BCUT2D eigenvalue weighted by atomic mass is 10.3. The van der Waals surface area contributed by atoms with Crippen LogP contribution in [-0.2, 0) is 0 Å². The van der Waals surface area contributed by atoms with E-state index in [0.717, 1.165) is 5.75 Å². The summed E-state index contributed by atoms with van der Waals surface area (Å²) in [5.74, 6) is 0.913. The Morgan fingerprint density at radius 1 is 1.33 bits per heavy atom. The van der Waals surface area contributed by atoms with Crippen LogP contribution in [0.3, 0.4) is 0 Å². The minimum absolute atomic E-state index is 0.591. The number of benzene rings is 1. The molecule has 0 radical (unpaired) electrons. The SMILES string of the molecule is CCOc1ccc(SCCl)cc1. The molecule has 1 aromatic rings. The summed E-state index contributed by atoms with van der Waals surface area (Å²) in [6, 6.07) is 7.94. The van der Waals surface area contributed by atoms with Gasteiger partial charge in [-0.1, -0.05) is 0 Å². The van der Waals surface area contributed by atoms with Crippen LogP contribution in [-0.4, -0.2) is 11.8 Å². The van der Waals surface area contributed by atoms with Crippen LogP contribution in [0.1, 0.15) is 6.92 Å². The first kappa shape index (κ1) is 9.75. The third-order valence-electron chi connectivity index (χ3n) is 1.36. The maximum Gasteiger partial charge on any atom is 0.119 e. The van der Waals surface area contributed by atoms with Gasteiger partial charge in [0.2, 0.25) is 0 Å². The number of thioether (sulfide) groups is 1. The molecule has 0 aliphatic heterocycles. The Morgan fingerprint density at radius 2 is 2.00 bits per heavy atom. The Morgan fingerprint density at radius 3 is 2.50 bits per heavy atom. The van der Waals surface area contributed by atoms with E-state index in [4.69, 9.17) is 16.3 Å². The highest BCUT2D eigenvalue weighted by atomic mass is 35.5. The molecule has 66 valence electrons. The molecule has 0 amide bonds. The number of hydrogen-bond donors (Lipinski definition) is 0. The van der Waals surface area contributed by atoms with Crippen LogP contribution < -0.4 is 4.74 Å². The molecular weight excluding hydrogens is 192 g/mol. The molecule has 3 heteroatoms. The Kier molecular flexibility index (Phi) is 4.33. The summed E-state index contributed by atoms with van der Waals surface area (Å²) in [6.07, 6.45) is 0. The summed E-state index contributed by atoms with van der Waals surface area (Å²) in [6.45, 7) is 2.68. The summed E-state index contributed by atoms with van der Waals surface area (Å²) in [5, 5.41) is 0.591. The first-order valence-corrected chi connectivity index (χ1v) is 5.30. The van der Waals surface area contributed by atoms with Crippen molar-refractivity contribution in [1.29, 1.82) is 0 Å². The summed E-state index contributed by atoms with van der Waals surface area (Å²) >= 11 is 7.18. The highest BCUT2D eigenvalue weighted by Crippen LogP contribution is 2.21. The van der Waals surface area contributed by atoms with E-state index in [1.807, 2.05) is 31.2 Å². The molecule has 0 fully saturated rings. The normalized spacial score (nSPS) is 9.83. The van der Waals surface area contributed by atoms with Gasteiger partial charge in [-0.05, 0) is 31.2 Å². The third kappa shape index (κ3) is 2.95. The highest BCUT2D eigenvalue weighted by molar-refractivity contribution is 8.00. The second-order valence-corrected chi connectivity index (χ2v) is 3.79. The highest BCUT2D eigenvalue weighted by Gasteiger charge is 1.93. The minimum atomic E-state index is 0.591. The quantitative estimate of drug-likeness (QED) is 0.547. The van der Waals surface area contributed by atoms with Gasteiger partial charge in [-0.25, -0.2) is 0 Å². The van der Waals surface area contributed by atoms with E-state index in [2.05, 4.69) is 0 Å². The molecule has 0 spiro atoms. The first-order valence-electron chi connectivity index (χ1n) is 3.78. The van der Waals surface area contributed by atoms with Crippen LogP contribution in [0.15, 0.2) is 29.2 Å². The van der Waals surface area contributed by atoms with Gasteiger partial charge in [-0.3, -0.25) is 0 Å². The third-order valence-corrected chi connectivity index (χ3v) is 2.40. The van der Waals surface area contributed by atoms with Gasteiger partial charge in [0.1, 0.15) is 5.75 Å². The zero-order valence-corrected chi connectivity index (χ0v) is 8.49. The second-order valence-electron chi connectivity index (χ2n) is 2.16. The number of alkyl halides is 1.